The van der Waals surface area contributed by atoms with Crippen molar-refractivity contribution in [2.45, 2.75) is 5.92 Å². The summed E-state index contributed by atoms with van der Waals surface area (Å²) in [5.41, 5.74) is 5.16. The summed E-state index contributed by atoms with van der Waals surface area (Å²) in [6.45, 7) is 0. The predicted molar refractivity (Wildman–Crippen MR) is 102 cm³/mol. The second-order valence-electron chi connectivity index (χ2n) is 6.15. The minimum atomic E-state index is -0.295. The first-order valence-electron chi connectivity index (χ1n) is 8.55. The van der Waals surface area contributed by atoms with Crippen molar-refractivity contribution < 1.29 is 24.5 Å². The second-order valence-corrected chi connectivity index (χ2v) is 6.15. The molecule has 1 nitrogen and oxygen atoms in total. The van der Waals surface area contributed by atoms with Gasteiger partial charge in [-0.2, -0.15) is 0 Å². The van der Waals surface area contributed by atoms with Crippen LogP contribution in [0.3, 0.4) is 0 Å². The van der Waals surface area contributed by atoms with Crippen molar-refractivity contribution >= 4 is 0 Å². The predicted octanol–water partition coefficient (Wildman–Crippen LogP) is 5.87. The molecule has 3 heteroatoms. The number of hydrogen-bond acceptors (Lipinski definition) is 1. The summed E-state index contributed by atoms with van der Waals surface area (Å²) >= 11 is 0. The van der Waals surface area contributed by atoms with E-state index in [-0.39, 0.29) is 31.8 Å². The summed E-state index contributed by atoms with van der Waals surface area (Å²) in [7, 11) is 0. The Labute approximate surface area is 172 Å². The van der Waals surface area contributed by atoms with Crippen LogP contribution < -0.4 is 0 Å². The van der Waals surface area contributed by atoms with Crippen LogP contribution in [0.15, 0.2) is 97.2 Å². The van der Waals surface area contributed by atoms with Gasteiger partial charge in [0, 0.05) is 38.0 Å². The van der Waals surface area contributed by atoms with Crippen molar-refractivity contribution in [3.63, 3.8) is 0 Å². The van der Waals surface area contributed by atoms with Crippen molar-refractivity contribution in [3.05, 3.63) is 126 Å². The van der Waals surface area contributed by atoms with E-state index in [0.29, 0.717) is 0 Å². The quantitative estimate of drug-likeness (QED) is 0.301. The fourth-order valence-corrected chi connectivity index (χ4v) is 3.21. The average molecular weight is 531 g/mol. The Bertz CT molecular complexity index is 946. The normalized spacial score (nSPS) is 10.4. The van der Waals surface area contributed by atoms with E-state index in [1.165, 1.54) is 23.3 Å². The summed E-state index contributed by atoms with van der Waals surface area (Å²) in [6, 6.07) is 32.4. The molecule has 0 fully saturated rings. The fraction of sp³-hybridized carbons (Fsp3) is 0.0417. The molecule has 0 aliphatic rings. The number of nitrogens with zero attached hydrogens (tertiary/aromatic N) is 1. The molecule has 0 N–H and O–H groups in total. The molecule has 0 spiro atoms. The van der Waals surface area contributed by atoms with E-state index in [2.05, 4.69) is 65.6 Å². The van der Waals surface area contributed by atoms with Gasteiger partial charge in [-0.3, -0.25) is 4.39 Å². The monoisotopic (exact) mass is 531 g/mol. The number of rotatable bonds is 4. The van der Waals surface area contributed by atoms with E-state index in [1.54, 1.807) is 12.3 Å². The maximum absolute atomic E-state index is 13.2. The summed E-state index contributed by atoms with van der Waals surface area (Å²) < 4.78 is 13.2. The van der Waals surface area contributed by atoms with E-state index in [0.717, 1.165) is 16.8 Å². The van der Waals surface area contributed by atoms with Crippen LogP contribution in [-0.2, 0) is 20.1 Å². The Morgan fingerprint density at radius 2 is 1.37 bits per heavy atom. The molecule has 0 aliphatic heterocycles. The molecule has 135 valence electrons. The topological polar surface area (TPSA) is 12.9 Å². The number of hydrogen-bond donors (Lipinski definition) is 0. The zero-order valence-electron chi connectivity index (χ0n) is 14.5. The van der Waals surface area contributed by atoms with Crippen molar-refractivity contribution in [2.24, 2.45) is 0 Å². The molecule has 1 heterocycles. The molecular formula is C24H17FIrN-. The van der Waals surface area contributed by atoms with Crippen molar-refractivity contribution in [1.29, 1.82) is 0 Å². The van der Waals surface area contributed by atoms with Gasteiger partial charge in [0.25, 0.3) is 0 Å². The molecule has 0 saturated heterocycles. The van der Waals surface area contributed by atoms with Crippen LogP contribution in [0.4, 0.5) is 4.39 Å². The summed E-state index contributed by atoms with van der Waals surface area (Å²) in [4.78, 5) is 4.46. The summed E-state index contributed by atoms with van der Waals surface area (Å²) in [6.07, 6.45) is 1.81. The summed E-state index contributed by atoms with van der Waals surface area (Å²) in [5.74, 6) is -0.184. The van der Waals surface area contributed by atoms with Crippen LogP contribution in [0.5, 0.6) is 0 Å². The Kier molecular flexibility index (Phi) is 6.28. The Morgan fingerprint density at radius 1 is 0.741 bits per heavy atom. The van der Waals surface area contributed by atoms with Gasteiger partial charge in [0.2, 0.25) is 0 Å². The SMILES string of the molecule is Fc1c[c-]c(-c2cc(C(c3ccccc3)c3ccccc3)ccn2)cc1.[Ir]. The molecular weight excluding hydrogens is 513 g/mol. The molecule has 3 aromatic carbocycles. The van der Waals surface area contributed by atoms with Crippen LogP contribution in [0.25, 0.3) is 11.3 Å². The molecule has 0 saturated carbocycles. The van der Waals surface area contributed by atoms with E-state index < -0.39 is 0 Å². The van der Waals surface area contributed by atoms with Gasteiger partial charge >= 0.3 is 0 Å². The number of halogens is 1. The van der Waals surface area contributed by atoms with E-state index in [1.807, 2.05) is 18.2 Å². The van der Waals surface area contributed by atoms with Crippen molar-refractivity contribution in [1.82, 2.24) is 4.98 Å². The van der Waals surface area contributed by atoms with Crippen molar-refractivity contribution in [3.8, 4) is 11.3 Å². The average Bonchev–Trinajstić information content (AvgIpc) is 2.71. The molecule has 0 bridgehead atoms. The molecule has 1 aromatic heterocycles. The largest absolute Gasteiger partial charge is 0.305 e. The van der Waals surface area contributed by atoms with Gasteiger partial charge in [-0.15, -0.1) is 29.8 Å². The van der Waals surface area contributed by atoms with Gasteiger partial charge in [-0.25, -0.2) is 0 Å². The first kappa shape index (κ1) is 19.2. The van der Waals surface area contributed by atoms with E-state index in [9.17, 15) is 4.39 Å². The molecule has 4 rings (SSSR count). The van der Waals surface area contributed by atoms with Gasteiger partial charge < -0.3 is 4.98 Å². The van der Waals surface area contributed by atoms with Crippen LogP contribution in [-0.4, -0.2) is 4.98 Å². The zero-order chi connectivity index (χ0) is 17.8. The third-order valence-corrected chi connectivity index (χ3v) is 4.43. The molecule has 0 unspecified atom stereocenters. The maximum atomic E-state index is 13.2. The van der Waals surface area contributed by atoms with E-state index in [4.69, 9.17) is 0 Å². The molecule has 0 aliphatic carbocycles. The summed E-state index contributed by atoms with van der Waals surface area (Å²) in [5, 5.41) is 0. The van der Waals surface area contributed by atoms with Gasteiger partial charge in [0.1, 0.15) is 0 Å². The van der Waals surface area contributed by atoms with Crippen LogP contribution in [0.2, 0.25) is 0 Å². The number of aromatic nitrogens is 1. The third-order valence-electron chi connectivity index (χ3n) is 4.43. The molecule has 0 atom stereocenters. The van der Waals surface area contributed by atoms with Gasteiger partial charge in [-0.1, -0.05) is 66.7 Å². The Morgan fingerprint density at radius 3 is 1.93 bits per heavy atom. The smallest absolute Gasteiger partial charge is 0.0379 e. The molecule has 27 heavy (non-hydrogen) atoms. The molecule has 0 amide bonds. The maximum Gasteiger partial charge on any atom is 0.0379 e. The zero-order valence-corrected chi connectivity index (χ0v) is 16.9. The van der Waals surface area contributed by atoms with Crippen LogP contribution in [0.1, 0.15) is 22.6 Å². The van der Waals surface area contributed by atoms with Crippen LogP contribution in [0, 0.1) is 11.9 Å². The number of pyridine rings is 1. The van der Waals surface area contributed by atoms with Crippen LogP contribution >= 0.6 is 0 Å². The Balaban J connectivity index is 0.00000210. The molecule has 1 radical (unpaired) electrons. The number of benzene rings is 3. The first-order chi connectivity index (χ1) is 12.8. The minimum absolute atomic E-state index is 0. The van der Waals surface area contributed by atoms with E-state index >= 15 is 0 Å². The second kappa shape index (κ2) is 8.85. The standard InChI is InChI=1S/C24H17FN.Ir/c25-22-13-11-18(12-14-22)23-17-21(15-16-26-23)24(19-7-3-1-4-8-19)20-9-5-2-6-10-20;/h1-11,13-17,24H;/q-1;. The van der Waals surface area contributed by atoms with Gasteiger partial charge in [0.15, 0.2) is 0 Å². The van der Waals surface area contributed by atoms with Gasteiger partial charge in [-0.05, 0) is 28.5 Å². The minimum Gasteiger partial charge on any atom is -0.305 e. The van der Waals surface area contributed by atoms with Gasteiger partial charge in [0.05, 0.1) is 0 Å². The van der Waals surface area contributed by atoms with Crippen molar-refractivity contribution in [2.75, 3.05) is 0 Å². The molecule has 4 aromatic rings. The fourth-order valence-electron chi connectivity index (χ4n) is 3.21. The third kappa shape index (κ3) is 4.39. The first-order valence-corrected chi connectivity index (χ1v) is 8.55. The Hall–Kier alpha value is -2.61.